The van der Waals surface area contributed by atoms with Gasteiger partial charge in [-0.15, -0.1) is 0 Å². The predicted octanol–water partition coefficient (Wildman–Crippen LogP) is 5.33. The van der Waals surface area contributed by atoms with Crippen molar-refractivity contribution in [1.29, 1.82) is 0 Å². The van der Waals surface area contributed by atoms with Gasteiger partial charge >= 0.3 is 5.97 Å². The molecule has 0 radical (unpaired) electrons. The molecule has 3 saturated heterocycles. The van der Waals surface area contributed by atoms with Crippen LogP contribution in [0.5, 0.6) is 0 Å². The van der Waals surface area contributed by atoms with Gasteiger partial charge < -0.3 is 33.9 Å². The summed E-state index contributed by atoms with van der Waals surface area (Å²) in [5.74, 6) is 1.30. The summed E-state index contributed by atoms with van der Waals surface area (Å²) in [5.41, 5.74) is -0.919. The minimum absolute atomic E-state index is 0.0472. The molecule has 2 spiro atoms. The van der Waals surface area contributed by atoms with Crippen LogP contribution in [-0.2, 0) is 28.5 Å². The molecular weight excluding hydrogens is 634 g/mol. The normalized spacial score (nSPS) is 52.0. The van der Waals surface area contributed by atoms with Gasteiger partial charge in [0, 0.05) is 12.0 Å². The van der Waals surface area contributed by atoms with E-state index < -0.39 is 23.9 Å². The second kappa shape index (κ2) is 11.4. The maximum absolute atomic E-state index is 12.9. The Balaban J connectivity index is 0.946. The monoisotopic (exact) mass is 699 g/mol. The Kier molecular flexibility index (Phi) is 7.94. The van der Waals surface area contributed by atoms with Crippen molar-refractivity contribution < 1.29 is 38.7 Å². The summed E-state index contributed by atoms with van der Waals surface area (Å²) in [5, 5.41) is 23.9. The maximum Gasteiger partial charge on any atom is 0.309 e. The number of aliphatic hydroxyl groups is 2. The molecule has 14 atom stereocenters. The lowest BCUT2D eigenvalue weighted by Gasteiger charge is -2.64. The number of nitrogens with zero attached hydrogens (tertiary/aromatic N) is 1. The Morgan fingerprint density at radius 1 is 0.980 bits per heavy atom. The van der Waals surface area contributed by atoms with Crippen molar-refractivity contribution in [2.75, 3.05) is 32.9 Å². The van der Waals surface area contributed by atoms with Crippen LogP contribution in [0.15, 0.2) is 0 Å². The molecule has 9 heteroatoms. The zero-order valence-electron chi connectivity index (χ0n) is 31.8. The molecule has 9 rings (SSSR count). The van der Waals surface area contributed by atoms with Crippen molar-refractivity contribution in [2.45, 2.75) is 161 Å². The molecule has 3 unspecified atom stereocenters. The van der Waals surface area contributed by atoms with Crippen molar-refractivity contribution in [3.8, 4) is 0 Å². The highest BCUT2D eigenvalue weighted by Crippen LogP contribution is 2.89. The van der Waals surface area contributed by atoms with E-state index in [0.717, 1.165) is 71.4 Å². The molecule has 3 aliphatic heterocycles. The molecule has 0 aromatic carbocycles. The lowest BCUT2D eigenvalue weighted by Crippen LogP contribution is -2.60. The lowest BCUT2D eigenvalue weighted by molar-refractivity contribution is -0.256. The van der Waals surface area contributed by atoms with Crippen LogP contribution in [0.2, 0.25) is 0 Å². The summed E-state index contributed by atoms with van der Waals surface area (Å²) < 4.78 is 31.6. The first-order valence-corrected chi connectivity index (χ1v) is 20.4. The molecule has 0 aromatic rings. The summed E-state index contributed by atoms with van der Waals surface area (Å²) in [6.45, 7) is 19.8. The second-order valence-electron chi connectivity index (χ2n) is 20.5. The number of hydrogen-bond acceptors (Lipinski definition) is 9. The first kappa shape index (κ1) is 34.9. The fourth-order valence-electron chi connectivity index (χ4n) is 14.6. The van der Waals surface area contributed by atoms with E-state index in [0.29, 0.717) is 23.3 Å². The zero-order chi connectivity index (χ0) is 35.2. The van der Waals surface area contributed by atoms with Gasteiger partial charge in [-0.1, -0.05) is 34.6 Å². The first-order chi connectivity index (χ1) is 23.6. The number of carbonyl (C=O) groups excluding carboxylic acids is 1. The minimum Gasteiger partial charge on any atom is -0.456 e. The highest BCUT2D eigenvalue weighted by Gasteiger charge is 2.84. The quantitative estimate of drug-likeness (QED) is 0.341. The number of fused-ring (bicyclic) bond motifs is 4. The van der Waals surface area contributed by atoms with Gasteiger partial charge in [0.05, 0.1) is 68.3 Å². The first-order valence-electron chi connectivity index (χ1n) is 20.4. The van der Waals surface area contributed by atoms with E-state index in [4.69, 9.17) is 23.7 Å². The Labute approximate surface area is 299 Å². The number of esters is 1. The Hall–Kier alpha value is -0.810. The minimum atomic E-state index is -1.24. The fraction of sp³-hybridized carbons (Fsp3) is 0.976. The fourth-order valence-corrected chi connectivity index (χ4v) is 14.6. The van der Waals surface area contributed by atoms with Gasteiger partial charge in [-0.05, 0) is 123 Å². The standard InChI is InChI=1S/C41H65NO8/c1-23-18-26(34(37(4,5)45)50-35(44)24-8-9-24)48-32-31(23)38(6)14-15-41-22-40(41)13-12-29(49-30-19-42(16-17-47-30)25-20-46-21-25)36(2,3)27(40)10-11-28(41)39(38,7)33(32)43/h23-34,43,45H,8-22H2,1-7H3/t23-,26?,27+,28?,29+,30+,31+,32?,33+,34+,38-,39-,40-,41+/m1/s1. The Morgan fingerprint density at radius 3 is 2.38 bits per heavy atom. The van der Waals surface area contributed by atoms with Crippen LogP contribution in [0.25, 0.3) is 0 Å². The van der Waals surface area contributed by atoms with Crippen LogP contribution < -0.4 is 0 Å². The van der Waals surface area contributed by atoms with Crippen molar-refractivity contribution >= 4 is 5.97 Å². The van der Waals surface area contributed by atoms with Crippen LogP contribution in [-0.4, -0.2) is 102 Å². The van der Waals surface area contributed by atoms with Gasteiger partial charge in [-0.3, -0.25) is 9.69 Å². The SMILES string of the molecule is C[C@@H]1CC([C@H](OC(=O)C2CC2)C(C)(C)O)OC2[C@H]1[C@@]1(C)CC[C@@]34C[C@@]35CC[C@H](O[C@H]3CN(C6COC6)CCO3)C(C)(C)[C@@H]5CCC4[C@]1(C)[C@H]2O. The highest BCUT2D eigenvalue weighted by molar-refractivity contribution is 5.75. The number of morpholine rings is 1. The molecule has 9 fully saturated rings. The third-order valence-electron chi connectivity index (χ3n) is 17.5. The summed E-state index contributed by atoms with van der Waals surface area (Å²) in [7, 11) is 0. The molecule has 0 aromatic heterocycles. The van der Waals surface area contributed by atoms with Crippen LogP contribution >= 0.6 is 0 Å². The molecule has 9 nitrogen and oxygen atoms in total. The summed E-state index contributed by atoms with van der Waals surface area (Å²) in [4.78, 5) is 15.4. The van der Waals surface area contributed by atoms with Crippen molar-refractivity contribution in [3.05, 3.63) is 0 Å². The van der Waals surface area contributed by atoms with E-state index in [-0.39, 0.29) is 63.9 Å². The van der Waals surface area contributed by atoms with E-state index in [9.17, 15) is 15.0 Å². The van der Waals surface area contributed by atoms with E-state index >= 15 is 0 Å². The molecular formula is C41H65NO8. The van der Waals surface area contributed by atoms with Gasteiger partial charge in [0.15, 0.2) is 12.4 Å². The van der Waals surface area contributed by atoms with Gasteiger partial charge in [-0.2, -0.15) is 0 Å². The number of carbonyl (C=O) groups is 1. The molecule has 6 aliphatic carbocycles. The average Bonchev–Trinajstić information content (AvgIpc) is 3.95. The van der Waals surface area contributed by atoms with Crippen LogP contribution in [0.1, 0.15) is 113 Å². The molecule has 2 N–H and O–H groups in total. The maximum atomic E-state index is 12.9. The number of hydrogen-bond donors (Lipinski definition) is 2. The zero-order valence-corrected chi connectivity index (χ0v) is 31.8. The van der Waals surface area contributed by atoms with Gasteiger partial charge in [0.1, 0.15) is 0 Å². The van der Waals surface area contributed by atoms with Crippen molar-refractivity contribution in [2.24, 2.45) is 56.7 Å². The average molecular weight is 700 g/mol. The van der Waals surface area contributed by atoms with E-state index in [1.807, 2.05) is 0 Å². The number of rotatable bonds is 7. The molecule has 6 saturated carbocycles. The van der Waals surface area contributed by atoms with Crippen molar-refractivity contribution in [3.63, 3.8) is 0 Å². The Morgan fingerprint density at radius 2 is 1.70 bits per heavy atom. The third kappa shape index (κ3) is 4.71. The van der Waals surface area contributed by atoms with E-state index in [1.54, 1.807) is 13.8 Å². The van der Waals surface area contributed by atoms with Gasteiger partial charge in [-0.25, -0.2) is 0 Å². The van der Waals surface area contributed by atoms with E-state index in [1.165, 1.54) is 25.7 Å². The highest BCUT2D eigenvalue weighted by atomic mass is 16.7. The molecule has 9 aliphatic rings. The lowest BCUT2D eigenvalue weighted by atomic mass is 9.41. The summed E-state index contributed by atoms with van der Waals surface area (Å²) in [6, 6.07) is 0.509. The van der Waals surface area contributed by atoms with Crippen molar-refractivity contribution in [1.82, 2.24) is 4.90 Å². The predicted molar refractivity (Wildman–Crippen MR) is 186 cm³/mol. The topological polar surface area (TPSA) is 107 Å². The van der Waals surface area contributed by atoms with E-state index in [2.05, 4.69) is 39.5 Å². The number of ether oxygens (including phenoxy) is 5. The molecule has 0 amide bonds. The Bertz CT molecular complexity index is 1360. The van der Waals surface area contributed by atoms with Crippen LogP contribution in [0, 0.1) is 56.7 Å². The number of aliphatic hydroxyl groups excluding tert-OH is 1. The van der Waals surface area contributed by atoms with Crippen LogP contribution in [0.3, 0.4) is 0 Å². The van der Waals surface area contributed by atoms with Gasteiger partial charge in [0.25, 0.3) is 0 Å². The summed E-state index contributed by atoms with van der Waals surface area (Å²) in [6.07, 6.45) is 8.59. The largest absolute Gasteiger partial charge is 0.456 e. The molecule has 50 heavy (non-hydrogen) atoms. The molecule has 282 valence electrons. The van der Waals surface area contributed by atoms with Crippen LogP contribution in [0.4, 0.5) is 0 Å². The smallest absolute Gasteiger partial charge is 0.309 e. The summed E-state index contributed by atoms with van der Waals surface area (Å²) >= 11 is 0. The second-order valence-corrected chi connectivity index (χ2v) is 20.5. The van der Waals surface area contributed by atoms with Gasteiger partial charge in [0.2, 0.25) is 0 Å². The molecule has 3 heterocycles. The molecule has 0 bridgehead atoms. The third-order valence-corrected chi connectivity index (χ3v) is 17.5.